The molecule has 1 fully saturated rings. The van der Waals surface area contributed by atoms with Crippen LogP contribution in [-0.4, -0.2) is 9.55 Å². The monoisotopic (exact) mass is 215 g/mol. The molecule has 16 heavy (non-hydrogen) atoms. The van der Waals surface area contributed by atoms with E-state index in [1.165, 1.54) is 24.8 Å². The molecule has 0 radical (unpaired) electrons. The Labute approximate surface area is 95.3 Å². The third-order valence-electron chi connectivity index (χ3n) is 3.77. The van der Waals surface area contributed by atoms with E-state index >= 15 is 0 Å². The molecule has 1 aliphatic carbocycles. The number of anilines is 1. The zero-order valence-corrected chi connectivity index (χ0v) is 9.56. The number of aromatic nitrogens is 2. The fourth-order valence-electron chi connectivity index (χ4n) is 2.92. The summed E-state index contributed by atoms with van der Waals surface area (Å²) < 4.78 is 2.23. The van der Waals surface area contributed by atoms with Gasteiger partial charge in [-0.05, 0) is 30.9 Å². The SMILES string of the molecule is CC1CCCC1n1c(N)nc2ccccc21. The van der Waals surface area contributed by atoms with Crippen molar-refractivity contribution in [3.8, 4) is 0 Å². The first kappa shape index (κ1) is 9.70. The second-order valence-corrected chi connectivity index (χ2v) is 4.80. The van der Waals surface area contributed by atoms with E-state index in [0.717, 1.165) is 5.52 Å². The predicted octanol–water partition coefficient (Wildman–Crippen LogP) is 2.98. The zero-order valence-electron chi connectivity index (χ0n) is 9.56. The molecule has 1 aromatic heterocycles. The maximum Gasteiger partial charge on any atom is 0.201 e. The van der Waals surface area contributed by atoms with Gasteiger partial charge in [-0.15, -0.1) is 0 Å². The molecule has 0 saturated heterocycles. The van der Waals surface area contributed by atoms with Gasteiger partial charge in [-0.3, -0.25) is 0 Å². The summed E-state index contributed by atoms with van der Waals surface area (Å²) in [5.41, 5.74) is 8.24. The second kappa shape index (κ2) is 3.51. The highest BCUT2D eigenvalue weighted by Gasteiger charge is 2.27. The van der Waals surface area contributed by atoms with Gasteiger partial charge in [0.25, 0.3) is 0 Å². The van der Waals surface area contributed by atoms with Crippen LogP contribution in [0.4, 0.5) is 5.95 Å². The molecule has 84 valence electrons. The molecule has 0 aliphatic heterocycles. The molecule has 0 amide bonds. The van der Waals surface area contributed by atoms with Crippen molar-refractivity contribution in [2.75, 3.05) is 5.73 Å². The maximum absolute atomic E-state index is 6.05. The van der Waals surface area contributed by atoms with Crippen LogP contribution in [0.15, 0.2) is 24.3 Å². The third kappa shape index (κ3) is 1.31. The molecule has 2 unspecified atom stereocenters. The van der Waals surface area contributed by atoms with Gasteiger partial charge in [-0.25, -0.2) is 4.98 Å². The quantitative estimate of drug-likeness (QED) is 0.794. The zero-order chi connectivity index (χ0) is 11.1. The molecular formula is C13H17N3. The van der Waals surface area contributed by atoms with Crippen molar-refractivity contribution in [2.45, 2.75) is 32.2 Å². The molecular weight excluding hydrogens is 198 g/mol. The average Bonchev–Trinajstić information content (AvgIpc) is 2.81. The number of rotatable bonds is 1. The summed E-state index contributed by atoms with van der Waals surface area (Å²) in [7, 11) is 0. The van der Waals surface area contributed by atoms with E-state index in [9.17, 15) is 0 Å². The van der Waals surface area contributed by atoms with Crippen molar-refractivity contribution >= 4 is 17.0 Å². The van der Waals surface area contributed by atoms with E-state index in [2.05, 4.69) is 28.6 Å². The number of hydrogen-bond acceptors (Lipinski definition) is 2. The fourth-order valence-corrected chi connectivity index (χ4v) is 2.92. The minimum absolute atomic E-state index is 0.535. The van der Waals surface area contributed by atoms with Gasteiger partial charge in [0.15, 0.2) is 0 Å². The van der Waals surface area contributed by atoms with Crippen LogP contribution in [-0.2, 0) is 0 Å². The first-order valence-electron chi connectivity index (χ1n) is 6.00. The molecule has 1 heterocycles. The van der Waals surface area contributed by atoms with Gasteiger partial charge in [0.1, 0.15) is 0 Å². The maximum atomic E-state index is 6.05. The van der Waals surface area contributed by atoms with Crippen LogP contribution in [0.1, 0.15) is 32.2 Å². The van der Waals surface area contributed by atoms with Gasteiger partial charge in [-0.2, -0.15) is 0 Å². The Morgan fingerprint density at radius 2 is 2.12 bits per heavy atom. The van der Waals surface area contributed by atoms with Crippen molar-refractivity contribution in [1.82, 2.24) is 9.55 Å². The van der Waals surface area contributed by atoms with Crippen LogP contribution in [0.2, 0.25) is 0 Å². The Balaban J connectivity index is 2.18. The Bertz CT molecular complexity index is 515. The number of nitrogens with zero attached hydrogens (tertiary/aromatic N) is 2. The summed E-state index contributed by atoms with van der Waals surface area (Å²) in [5.74, 6) is 1.37. The molecule has 1 aromatic carbocycles. The summed E-state index contributed by atoms with van der Waals surface area (Å²) >= 11 is 0. The van der Waals surface area contributed by atoms with Crippen molar-refractivity contribution in [3.05, 3.63) is 24.3 Å². The highest BCUT2D eigenvalue weighted by atomic mass is 15.2. The molecule has 1 aliphatic rings. The summed E-state index contributed by atoms with van der Waals surface area (Å²) in [6.07, 6.45) is 3.83. The number of fused-ring (bicyclic) bond motifs is 1. The van der Waals surface area contributed by atoms with E-state index in [-0.39, 0.29) is 0 Å². The van der Waals surface area contributed by atoms with E-state index in [1.807, 2.05) is 12.1 Å². The van der Waals surface area contributed by atoms with Gasteiger partial charge in [-0.1, -0.05) is 25.5 Å². The third-order valence-corrected chi connectivity index (χ3v) is 3.77. The van der Waals surface area contributed by atoms with Crippen molar-refractivity contribution in [1.29, 1.82) is 0 Å². The lowest BCUT2D eigenvalue weighted by Crippen LogP contribution is -2.14. The molecule has 3 nitrogen and oxygen atoms in total. The van der Waals surface area contributed by atoms with Gasteiger partial charge in [0, 0.05) is 6.04 Å². The van der Waals surface area contributed by atoms with Crippen molar-refractivity contribution in [3.63, 3.8) is 0 Å². The van der Waals surface area contributed by atoms with Crippen LogP contribution >= 0.6 is 0 Å². The first-order chi connectivity index (χ1) is 7.77. The lowest BCUT2D eigenvalue weighted by molar-refractivity contribution is 0.421. The van der Waals surface area contributed by atoms with Crippen LogP contribution in [0.3, 0.4) is 0 Å². The number of benzene rings is 1. The van der Waals surface area contributed by atoms with E-state index < -0.39 is 0 Å². The largest absolute Gasteiger partial charge is 0.369 e. The molecule has 1 saturated carbocycles. The van der Waals surface area contributed by atoms with E-state index in [1.54, 1.807) is 0 Å². The number of imidazole rings is 1. The molecule has 3 heteroatoms. The Morgan fingerprint density at radius 1 is 1.31 bits per heavy atom. The topological polar surface area (TPSA) is 43.8 Å². The number of nitrogens with two attached hydrogens (primary N) is 1. The van der Waals surface area contributed by atoms with E-state index in [4.69, 9.17) is 5.73 Å². The lowest BCUT2D eigenvalue weighted by Gasteiger charge is -2.19. The minimum Gasteiger partial charge on any atom is -0.369 e. The van der Waals surface area contributed by atoms with Gasteiger partial charge in [0.2, 0.25) is 5.95 Å². The molecule has 0 bridgehead atoms. The predicted molar refractivity (Wildman–Crippen MR) is 66.2 cm³/mol. The first-order valence-corrected chi connectivity index (χ1v) is 6.00. The van der Waals surface area contributed by atoms with Gasteiger partial charge >= 0.3 is 0 Å². The fraction of sp³-hybridized carbons (Fsp3) is 0.462. The minimum atomic E-state index is 0.535. The Kier molecular flexibility index (Phi) is 2.13. The molecule has 2 atom stereocenters. The van der Waals surface area contributed by atoms with E-state index in [0.29, 0.717) is 17.9 Å². The number of nitrogen functional groups attached to an aromatic ring is 1. The summed E-state index contributed by atoms with van der Waals surface area (Å²) in [6.45, 7) is 2.31. The second-order valence-electron chi connectivity index (χ2n) is 4.80. The Morgan fingerprint density at radius 3 is 2.88 bits per heavy atom. The highest BCUT2D eigenvalue weighted by molar-refractivity contribution is 5.78. The highest BCUT2D eigenvalue weighted by Crippen LogP contribution is 2.38. The summed E-state index contributed by atoms with van der Waals surface area (Å²) in [6, 6.07) is 8.75. The molecule has 0 spiro atoms. The van der Waals surface area contributed by atoms with Crippen LogP contribution in [0.5, 0.6) is 0 Å². The normalized spacial score (nSPS) is 25.3. The summed E-state index contributed by atoms with van der Waals surface area (Å²) in [5, 5.41) is 0. The number of hydrogen-bond donors (Lipinski definition) is 1. The standard InChI is InChI=1S/C13H17N3/c1-9-5-4-8-11(9)16-12-7-3-2-6-10(12)15-13(16)14/h2-3,6-7,9,11H,4-5,8H2,1H3,(H2,14,15). The summed E-state index contributed by atoms with van der Waals surface area (Å²) in [4.78, 5) is 4.43. The van der Waals surface area contributed by atoms with Gasteiger partial charge in [0.05, 0.1) is 11.0 Å². The average molecular weight is 215 g/mol. The number of para-hydroxylation sites is 2. The lowest BCUT2D eigenvalue weighted by atomic mass is 10.1. The molecule has 2 N–H and O–H groups in total. The van der Waals surface area contributed by atoms with Crippen LogP contribution in [0.25, 0.3) is 11.0 Å². The van der Waals surface area contributed by atoms with Crippen molar-refractivity contribution < 1.29 is 0 Å². The van der Waals surface area contributed by atoms with Crippen molar-refractivity contribution in [2.24, 2.45) is 5.92 Å². The Hall–Kier alpha value is -1.51. The van der Waals surface area contributed by atoms with Crippen LogP contribution in [0, 0.1) is 5.92 Å². The molecule has 2 aromatic rings. The smallest absolute Gasteiger partial charge is 0.201 e. The molecule has 3 rings (SSSR count). The van der Waals surface area contributed by atoms with Gasteiger partial charge < -0.3 is 10.3 Å². The van der Waals surface area contributed by atoms with Crippen LogP contribution < -0.4 is 5.73 Å².